The summed E-state index contributed by atoms with van der Waals surface area (Å²) in [5.74, 6) is -1.36. The van der Waals surface area contributed by atoms with Crippen LogP contribution in [-0.4, -0.2) is 14.5 Å². The number of para-hydroxylation sites is 1. The highest BCUT2D eigenvalue weighted by Gasteiger charge is 2.15. The summed E-state index contributed by atoms with van der Waals surface area (Å²) in [4.78, 5) is 7.09. The van der Waals surface area contributed by atoms with Gasteiger partial charge in [0.1, 0.15) is 17.3 Å². The summed E-state index contributed by atoms with van der Waals surface area (Å²) in [7, 11) is 0. The van der Waals surface area contributed by atoms with Gasteiger partial charge < -0.3 is 4.98 Å². The Balaban J connectivity index is 2.43. The average Bonchev–Trinajstić information content (AvgIpc) is 2.65. The number of aryl methyl sites for hydroxylation is 1. The molecule has 0 radical (unpaired) electrons. The number of H-pyrrole nitrogens is 1. The van der Waals surface area contributed by atoms with Crippen molar-refractivity contribution in [1.82, 2.24) is 14.5 Å². The summed E-state index contributed by atoms with van der Waals surface area (Å²) in [6.07, 6.45) is 1.63. The second-order valence-corrected chi connectivity index (χ2v) is 4.61. The Hall–Kier alpha value is -2.08. The van der Waals surface area contributed by atoms with Crippen LogP contribution in [0.4, 0.5) is 8.78 Å². The third kappa shape index (κ3) is 1.84. The number of aromatic nitrogens is 3. The first-order chi connectivity index (χ1) is 9.08. The summed E-state index contributed by atoms with van der Waals surface area (Å²) in [5, 5.41) is 0. The van der Waals surface area contributed by atoms with Crippen molar-refractivity contribution in [2.45, 2.75) is 6.92 Å². The van der Waals surface area contributed by atoms with Crippen molar-refractivity contribution in [1.29, 1.82) is 0 Å². The van der Waals surface area contributed by atoms with E-state index in [1.165, 1.54) is 22.8 Å². The van der Waals surface area contributed by atoms with Crippen molar-refractivity contribution in [3.63, 3.8) is 0 Å². The molecule has 3 aromatic rings. The van der Waals surface area contributed by atoms with Crippen molar-refractivity contribution in [3.05, 3.63) is 52.4 Å². The molecule has 0 bridgehead atoms. The van der Waals surface area contributed by atoms with Gasteiger partial charge in [-0.25, -0.2) is 13.8 Å². The molecule has 2 heterocycles. The summed E-state index contributed by atoms with van der Waals surface area (Å²) >= 11 is 5.13. The zero-order valence-electron chi connectivity index (χ0n) is 9.95. The molecule has 0 saturated carbocycles. The molecule has 3 rings (SSSR count). The lowest BCUT2D eigenvalue weighted by atomic mass is 10.2. The van der Waals surface area contributed by atoms with Crippen LogP contribution in [0.25, 0.3) is 16.9 Å². The molecule has 3 nitrogen and oxygen atoms in total. The van der Waals surface area contributed by atoms with E-state index >= 15 is 0 Å². The molecular formula is C13H9F2N3S. The van der Waals surface area contributed by atoms with Crippen molar-refractivity contribution in [2.75, 3.05) is 0 Å². The standard InChI is InChI=1S/C13H9F2N3S/c1-7-5-10-12(16-6-7)18(13(19)17-10)11-8(14)3-2-4-9(11)15/h2-6H,1H3,(H,17,19). The van der Waals surface area contributed by atoms with Gasteiger partial charge in [0.25, 0.3) is 0 Å². The van der Waals surface area contributed by atoms with E-state index in [-0.39, 0.29) is 10.5 Å². The number of halogens is 2. The van der Waals surface area contributed by atoms with Gasteiger partial charge in [-0.3, -0.25) is 4.57 Å². The fourth-order valence-electron chi connectivity index (χ4n) is 2.01. The minimum absolute atomic E-state index is 0.206. The van der Waals surface area contributed by atoms with Crippen LogP contribution < -0.4 is 0 Å². The first-order valence-electron chi connectivity index (χ1n) is 5.59. The van der Waals surface area contributed by atoms with Gasteiger partial charge >= 0.3 is 0 Å². The number of hydrogen-bond donors (Lipinski definition) is 1. The Morgan fingerprint density at radius 3 is 2.63 bits per heavy atom. The van der Waals surface area contributed by atoms with Crippen LogP contribution in [0, 0.1) is 23.3 Å². The second-order valence-electron chi connectivity index (χ2n) is 4.22. The summed E-state index contributed by atoms with van der Waals surface area (Å²) < 4.78 is 29.2. The number of fused-ring (bicyclic) bond motifs is 1. The Bertz CT molecular complexity index is 815. The quantitative estimate of drug-likeness (QED) is 0.688. The second kappa shape index (κ2) is 4.24. The Morgan fingerprint density at radius 1 is 1.26 bits per heavy atom. The molecular weight excluding hydrogens is 268 g/mol. The van der Waals surface area contributed by atoms with Crippen LogP contribution in [0.1, 0.15) is 5.56 Å². The minimum atomic E-state index is -0.681. The SMILES string of the molecule is Cc1cnc2c(c1)[nH]c(=S)n2-c1c(F)cccc1F. The fourth-order valence-corrected chi connectivity index (χ4v) is 2.30. The van der Waals surface area contributed by atoms with Crippen molar-refractivity contribution in [2.24, 2.45) is 0 Å². The van der Waals surface area contributed by atoms with Gasteiger partial charge in [-0.2, -0.15) is 0 Å². The van der Waals surface area contributed by atoms with E-state index in [9.17, 15) is 8.78 Å². The van der Waals surface area contributed by atoms with Crippen molar-refractivity contribution >= 4 is 23.4 Å². The largest absolute Gasteiger partial charge is 0.329 e. The van der Waals surface area contributed by atoms with E-state index < -0.39 is 11.6 Å². The number of rotatable bonds is 1. The van der Waals surface area contributed by atoms with Crippen LogP contribution in [0.3, 0.4) is 0 Å². The van der Waals surface area contributed by atoms with Crippen LogP contribution >= 0.6 is 12.2 Å². The number of benzene rings is 1. The molecule has 0 aliphatic rings. The lowest BCUT2D eigenvalue weighted by molar-refractivity contribution is 0.570. The lowest BCUT2D eigenvalue weighted by Gasteiger charge is -2.06. The zero-order valence-corrected chi connectivity index (χ0v) is 10.8. The number of nitrogens with one attached hydrogen (secondary N) is 1. The van der Waals surface area contributed by atoms with Crippen LogP contribution in [0.5, 0.6) is 0 Å². The highest BCUT2D eigenvalue weighted by atomic mass is 32.1. The van der Waals surface area contributed by atoms with E-state index in [0.29, 0.717) is 11.2 Å². The monoisotopic (exact) mass is 277 g/mol. The van der Waals surface area contributed by atoms with Crippen LogP contribution in [-0.2, 0) is 0 Å². The van der Waals surface area contributed by atoms with Gasteiger partial charge in [0.2, 0.25) is 0 Å². The molecule has 0 aliphatic heterocycles. The molecule has 0 saturated heterocycles. The molecule has 0 atom stereocenters. The molecule has 0 fully saturated rings. The Kier molecular flexibility index (Phi) is 2.67. The summed E-state index contributed by atoms with van der Waals surface area (Å²) in [6.45, 7) is 1.88. The highest BCUT2D eigenvalue weighted by Crippen LogP contribution is 2.23. The molecule has 2 aromatic heterocycles. The smallest absolute Gasteiger partial charge is 0.184 e. The number of hydrogen-bond acceptors (Lipinski definition) is 2. The molecule has 0 aliphatic carbocycles. The maximum absolute atomic E-state index is 13.9. The van der Waals surface area contributed by atoms with Gasteiger partial charge in [0.15, 0.2) is 10.4 Å². The molecule has 0 unspecified atom stereocenters. The van der Waals surface area contributed by atoms with E-state index in [4.69, 9.17) is 12.2 Å². The molecule has 96 valence electrons. The summed E-state index contributed by atoms with van der Waals surface area (Å²) in [5.41, 5.74) is 1.77. The van der Waals surface area contributed by atoms with Crippen molar-refractivity contribution < 1.29 is 8.78 Å². The van der Waals surface area contributed by atoms with E-state index in [2.05, 4.69) is 9.97 Å². The first kappa shape index (κ1) is 12.0. The molecule has 1 N–H and O–H groups in total. The van der Waals surface area contributed by atoms with E-state index in [1.807, 2.05) is 13.0 Å². The van der Waals surface area contributed by atoms with Gasteiger partial charge in [-0.1, -0.05) is 6.07 Å². The zero-order chi connectivity index (χ0) is 13.6. The minimum Gasteiger partial charge on any atom is -0.329 e. The molecule has 0 spiro atoms. The predicted octanol–water partition coefficient (Wildman–Crippen LogP) is 3.67. The topological polar surface area (TPSA) is 33.6 Å². The average molecular weight is 277 g/mol. The Labute approximate surface area is 112 Å². The van der Waals surface area contributed by atoms with E-state index in [0.717, 1.165) is 5.56 Å². The van der Waals surface area contributed by atoms with Gasteiger partial charge in [0, 0.05) is 6.20 Å². The first-order valence-corrected chi connectivity index (χ1v) is 6.00. The lowest BCUT2D eigenvalue weighted by Crippen LogP contribution is -2.02. The highest BCUT2D eigenvalue weighted by molar-refractivity contribution is 7.71. The molecule has 1 aromatic carbocycles. The predicted molar refractivity (Wildman–Crippen MR) is 70.9 cm³/mol. The van der Waals surface area contributed by atoms with E-state index in [1.54, 1.807) is 6.20 Å². The number of aromatic amines is 1. The number of imidazole rings is 1. The van der Waals surface area contributed by atoms with Gasteiger partial charge in [-0.05, 0) is 42.9 Å². The van der Waals surface area contributed by atoms with Crippen LogP contribution in [0.2, 0.25) is 0 Å². The fraction of sp³-hybridized carbons (Fsp3) is 0.0769. The molecule has 6 heteroatoms. The maximum atomic E-state index is 13.9. The van der Waals surface area contributed by atoms with Crippen molar-refractivity contribution in [3.8, 4) is 5.69 Å². The number of pyridine rings is 1. The van der Waals surface area contributed by atoms with Gasteiger partial charge in [0.05, 0.1) is 5.52 Å². The molecule has 19 heavy (non-hydrogen) atoms. The Morgan fingerprint density at radius 2 is 1.95 bits per heavy atom. The third-order valence-corrected chi connectivity index (χ3v) is 3.11. The third-order valence-electron chi connectivity index (χ3n) is 2.82. The normalized spacial score (nSPS) is 11.1. The van der Waals surface area contributed by atoms with Crippen LogP contribution in [0.15, 0.2) is 30.5 Å². The number of nitrogens with zero attached hydrogens (tertiary/aromatic N) is 2. The molecule has 0 amide bonds. The maximum Gasteiger partial charge on any atom is 0.184 e. The van der Waals surface area contributed by atoms with Gasteiger partial charge in [-0.15, -0.1) is 0 Å². The summed E-state index contributed by atoms with van der Waals surface area (Å²) in [6, 6.07) is 5.51.